The zero-order valence-corrected chi connectivity index (χ0v) is 12.5. The molecule has 0 fully saturated rings. The summed E-state index contributed by atoms with van der Waals surface area (Å²) in [5.74, 6) is 1.74. The molecule has 4 rings (SSSR count). The standard InChI is InChI=1S/C19H16N2O2/c1-2-6-16(7-3-1)21-18(19-9-5-13-23-19)14-15(20-21)10-11-17-8-4-12-22-17/h1-13,18H,14H2/b11-10+/t18-/m0/s1. The molecule has 23 heavy (non-hydrogen) atoms. The minimum atomic E-state index is 0.0728. The Balaban J connectivity index is 1.64. The molecular weight excluding hydrogens is 288 g/mol. The Bertz CT molecular complexity index is 802. The molecule has 1 aliphatic rings. The fraction of sp³-hybridized carbons (Fsp3) is 0.105. The SMILES string of the molecule is C(=C\c1ccco1)/C1=NN(c2ccccc2)[C@H](c2ccco2)C1. The van der Waals surface area contributed by atoms with E-state index in [9.17, 15) is 0 Å². The van der Waals surface area contributed by atoms with Crippen LogP contribution in [-0.2, 0) is 0 Å². The van der Waals surface area contributed by atoms with Crippen molar-refractivity contribution in [1.82, 2.24) is 0 Å². The summed E-state index contributed by atoms with van der Waals surface area (Å²) in [7, 11) is 0. The first-order valence-corrected chi connectivity index (χ1v) is 7.57. The van der Waals surface area contributed by atoms with Crippen molar-refractivity contribution in [2.75, 3.05) is 5.01 Å². The van der Waals surface area contributed by atoms with Gasteiger partial charge in [0.25, 0.3) is 0 Å². The molecule has 3 heterocycles. The molecule has 0 N–H and O–H groups in total. The topological polar surface area (TPSA) is 41.9 Å². The van der Waals surface area contributed by atoms with Crippen LogP contribution in [0.25, 0.3) is 6.08 Å². The maximum absolute atomic E-state index is 5.61. The zero-order valence-electron chi connectivity index (χ0n) is 12.5. The van der Waals surface area contributed by atoms with Gasteiger partial charge in [-0.3, -0.25) is 5.01 Å². The van der Waals surface area contributed by atoms with Crippen LogP contribution in [0.2, 0.25) is 0 Å². The molecule has 4 nitrogen and oxygen atoms in total. The summed E-state index contributed by atoms with van der Waals surface area (Å²) in [6.45, 7) is 0. The summed E-state index contributed by atoms with van der Waals surface area (Å²) in [6.07, 6.45) is 8.09. The lowest BCUT2D eigenvalue weighted by Crippen LogP contribution is -2.17. The predicted octanol–water partition coefficient (Wildman–Crippen LogP) is 4.89. The highest BCUT2D eigenvalue weighted by Crippen LogP contribution is 2.35. The molecule has 0 bridgehead atoms. The van der Waals surface area contributed by atoms with Gasteiger partial charge in [-0.25, -0.2) is 0 Å². The van der Waals surface area contributed by atoms with Crippen molar-refractivity contribution >= 4 is 17.5 Å². The van der Waals surface area contributed by atoms with Gasteiger partial charge in [0.2, 0.25) is 0 Å². The number of hydrogen-bond acceptors (Lipinski definition) is 4. The third-order valence-corrected chi connectivity index (χ3v) is 3.81. The first-order chi connectivity index (χ1) is 11.4. The first kappa shape index (κ1) is 13.6. The van der Waals surface area contributed by atoms with Gasteiger partial charge in [0.1, 0.15) is 17.6 Å². The Hall–Kier alpha value is -3.01. The lowest BCUT2D eigenvalue weighted by atomic mass is 10.1. The largest absolute Gasteiger partial charge is 0.467 e. The highest BCUT2D eigenvalue weighted by molar-refractivity contribution is 6.00. The second kappa shape index (κ2) is 6.01. The maximum Gasteiger partial charge on any atom is 0.128 e. The van der Waals surface area contributed by atoms with Crippen LogP contribution in [0.3, 0.4) is 0 Å². The normalized spacial score (nSPS) is 17.8. The number of hydrogen-bond donors (Lipinski definition) is 0. The van der Waals surface area contributed by atoms with Crippen molar-refractivity contribution in [3.63, 3.8) is 0 Å². The fourth-order valence-electron chi connectivity index (χ4n) is 2.72. The summed E-state index contributed by atoms with van der Waals surface area (Å²) in [5.41, 5.74) is 2.04. The van der Waals surface area contributed by atoms with Crippen molar-refractivity contribution in [1.29, 1.82) is 0 Å². The molecule has 0 saturated carbocycles. The van der Waals surface area contributed by atoms with Gasteiger partial charge in [-0.1, -0.05) is 18.2 Å². The number of hydrazone groups is 1. The van der Waals surface area contributed by atoms with E-state index in [2.05, 4.69) is 12.1 Å². The molecule has 0 amide bonds. The van der Waals surface area contributed by atoms with E-state index < -0.39 is 0 Å². The van der Waals surface area contributed by atoms with Crippen LogP contribution in [0, 0.1) is 0 Å². The molecule has 1 aliphatic heterocycles. The average molecular weight is 304 g/mol. The minimum absolute atomic E-state index is 0.0728. The number of anilines is 1. The summed E-state index contributed by atoms with van der Waals surface area (Å²) < 4.78 is 10.9. The van der Waals surface area contributed by atoms with Gasteiger partial charge >= 0.3 is 0 Å². The molecule has 4 heteroatoms. The summed E-state index contributed by atoms with van der Waals surface area (Å²) in [6, 6.07) is 17.9. The third kappa shape index (κ3) is 2.83. The maximum atomic E-state index is 5.61. The van der Waals surface area contributed by atoms with Crippen LogP contribution in [0.4, 0.5) is 5.69 Å². The van der Waals surface area contributed by atoms with E-state index in [0.29, 0.717) is 0 Å². The molecule has 1 aromatic carbocycles. The Morgan fingerprint density at radius 2 is 1.74 bits per heavy atom. The first-order valence-electron chi connectivity index (χ1n) is 7.57. The summed E-state index contributed by atoms with van der Waals surface area (Å²) >= 11 is 0. The molecule has 2 aromatic heterocycles. The zero-order chi connectivity index (χ0) is 15.5. The summed E-state index contributed by atoms with van der Waals surface area (Å²) in [5, 5.41) is 6.77. The smallest absolute Gasteiger partial charge is 0.128 e. The number of para-hydroxylation sites is 1. The number of nitrogens with zero attached hydrogens (tertiary/aromatic N) is 2. The van der Waals surface area contributed by atoms with Crippen LogP contribution in [-0.4, -0.2) is 5.71 Å². The van der Waals surface area contributed by atoms with Gasteiger partial charge < -0.3 is 8.83 Å². The number of allylic oxidation sites excluding steroid dienone is 1. The lowest BCUT2D eigenvalue weighted by molar-refractivity contribution is 0.465. The van der Waals surface area contributed by atoms with Crippen LogP contribution in [0.5, 0.6) is 0 Å². The van der Waals surface area contributed by atoms with E-state index in [0.717, 1.165) is 29.3 Å². The molecule has 0 radical (unpaired) electrons. The van der Waals surface area contributed by atoms with Crippen LogP contribution >= 0.6 is 0 Å². The quantitative estimate of drug-likeness (QED) is 0.689. The Kier molecular flexibility index (Phi) is 3.56. The van der Waals surface area contributed by atoms with Crippen LogP contribution < -0.4 is 5.01 Å². The van der Waals surface area contributed by atoms with Crippen molar-refractivity contribution in [3.8, 4) is 0 Å². The second-order valence-electron chi connectivity index (χ2n) is 5.36. The van der Waals surface area contributed by atoms with Crippen LogP contribution in [0.1, 0.15) is 24.0 Å². The molecule has 3 aromatic rings. The highest BCUT2D eigenvalue weighted by Gasteiger charge is 2.30. The third-order valence-electron chi connectivity index (χ3n) is 3.81. The summed E-state index contributed by atoms with van der Waals surface area (Å²) in [4.78, 5) is 0. The van der Waals surface area contributed by atoms with E-state index in [-0.39, 0.29) is 6.04 Å². The van der Waals surface area contributed by atoms with Gasteiger partial charge in [0.05, 0.1) is 23.9 Å². The van der Waals surface area contributed by atoms with Gasteiger partial charge in [-0.05, 0) is 48.6 Å². The van der Waals surface area contributed by atoms with Crippen molar-refractivity contribution in [3.05, 3.63) is 84.7 Å². The van der Waals surface area contributed by atoms with E-state index >= 15 is 0 Å². The molecular formula is C19H16N2O2. The highest BCUT2D eigenvalue weighted by atomic mass is 16.3. The average Bonchev–Trinajstić information content (AvgIpc) is 3.33. The van der Waals surface area contributed by atoms with Crippen molar-refractivity contribution < 1.29 is 8.83 Å². The van der Waals surface area contributed by atoms with Crippen molar-refractivity contribution in [2.45, 2.75) is 12.5 Å². The number of furan rings is 2. The molecule has 114 valence electrons. The molecule has 0 saturated heterocycles. The van der Waals surface area contributed by atoms with Gasteiger partial charge in [0.15, 0.2) is 0 Å². The monoisotopic (exact) mass is 304 g/mol. The van der Waals surface area contributed by atoms with Crippen molar-refractivity contribution in [2.24, 2.45) is 5.10 Å². The number of rotatable bonds is 4. The van der Waals surface area contributed by atoms with E-state index in [1.807, 2.05) is 59.6 Å². The minimum Gasteiger partial charge on any atom is -0.467 e. The molecule has 0 aliphatic carbocycles. The predicted molar refractivity (Wildman–Crippen MR) is 90.2 cm³/mol. The van der Waals surface area contributed by atoms with Crippen LogP contribution in [0.15, 0.2) is 87.1 Å². The van der Waals surface area contributed by atoms with E-state index in [1.165, 1.54) is 0 Å². The molecule has 1 atom stereocenters. The van der Waals surface area contributed by atoms with E-state index in [1.54, 1.807) is 12.5 Å². The molecule has 0 spiro atoms. The Labute approximate surface area is 134 Å². The molecule has 0 unspecified atom stereocenters. The van der Waals surface area contributed by atoms with Gasteiger partial charge in [-0.15, -0.1) is 0 Å². The van der Waals surface area contributed by atoms with Gasteiger partial charge in [-0.2, -0.15) is 5.10 Å². The Morgan fingerprint density at radius 1 is 0.913 bits per heavy atom. The van der Waals surface area contributed by atoms with Gasteiger partial charge in [0, 0.05) is 6.42 Å². The van der Waals surface area contributed by atoms with E-state index in [4.69, 9.17) is 13.9 Å². The fourth-order valence-corrected chi connectivity index (χ4v) is 2.72. The second-order valence-corrected chi connectivity index (χ2v) is 5.36. The Morgan fingerprint density at radius 3 is 2.48 bits per heavy atom. The number of benzene rings is 1. The lowest BCUT2D eigenvalue weighted by Gasteiger charge is -2.21.